The second kappa shape index (κ2) is 9.14. The molecule has 1 amide bonds. The minimum absolute atomic E-state index is 0.00875. The van der Waals surface area contributed by atoms with Crippen LogP contribution in [0.2, 0.25) is 0 Å². The highest BCUT2D eigenvalue weighted by Gasteiger charge is 2.30. The topological polar surface area (TPSA) is 82.4 Å². The van der Waals surface area contributed by atoms with Crippen molar-refractivity contribution in [2.24, 2.45) is 5.92 Å². The maximum absolute atomic E-state index is 12.1. The fourth-order valence-electron chi connectivity index (χ4n) is 1.59. The van der Waals surface area contributed by atoms with Crippen molar-refractivity contribution in [2.75, 3.05) is 26.2 Å². The van der Waals surface area contributed by atoms with Gasteiger partial charge in [0.25, 0.3) is 0 Å². The summed E-state index contributed by atoms with van der Waals surface area (Å²) in [6.07, 6.45) is 1.61. The van der Waals surface area contributed by atoms with Gasteiger partial charge < -0.3 is 10.1 Å². The van der Waals surface area contributed by atoms with Gasteiger partial charge in [0.2, 0.25) is 5.91 Å². The first-order chi connectivity index (χ1) is 9.78. The largest absolute Gasteiger partial charge is 0.465 e. The molecule has 0 saturated heterocycles. The molecule has 118 valence electrons. The molecular formula is C15H25N3O3. The van der Waals surface area contributed by atoms with Crippen LogP contribution in [0, 0.1) is 17.2 Å². The van der Waals surface area contributed by atoms with Gasteiger partial charge in [-0.25, -0.2) is 0 Å². The van der Waals surface area contributed by atoms with Crippen LogP contribution in [0.3, 0.4) is 0 Å². The molecule has 0 spiro atoms. The van der Waals surface area contributed by atoms with E-state index in [0.717, 1.165) is 0 Å². The number of hydrogen-bond acceptors (Lipinski definition) is 5. The lowest BCUT2D eigenvalue weighted by Gasteiger charge is -2.28. The zero-order valence-electron chi connectivity index (χ0n) is 13.3. The highest BCUT2D eigenvalue weighted by atomic mass is 16.5. The number of esters is 1. The zero-order valence-corrected chi connectivity index (χ0v) is 13.3. The van der Waals surface area contributed by atoms with Crippen LogP contribution in [-0.2, 0) is 14.3 Å². The lowest BCUT2D eigenvalue weighted by Crippen LogP contribution is -2.52. The Bertz CT molecular complexity index is 415. The Labute approximate surface area is 126 Å². The third kappa shape index (κ3) is 6.91. The second-order valence-electron chi connectivity index (χ2n) is 5.28. The SMILES string of the molecule is C=CCN(CC(=O)NC(C)(C#N)C(C)C)CC(=O)OCC. The highest BCUT2D eigenvalue weighted by Crippen LogP contribution is 2.14. The molecule has 6 nitrogen and oxygen atoms in total. The summed E-state index contributed by atoms with van der Waals surface area (Å²) in [7, 11) is 0. The lowest BCUT2D eigenvalue weighted by molar-refractivity contribution is -0.144. The molecule has 6 heteroatoms. The molecule has 0 aromatic heterocycles. The maximum atomic E-state index is 12.1. The quantitative estimate of drug-likeness (QED) is 0.508. The third-order valence-corrected chi connectivity index (χ3v) is 3.20. The lowest BCUT2D eigenvalue weighted by atomic mass is 9.90. The van der Waals surface area contributed by atoms with E-state index in [4.69, 9.17) is 4.74 Å². The standard InChI is InChI=1S/C15H25N3O3/c1-6-8-18(10-14(20)21-7-2)9-13(19)17-15(5,11-16)12(3)4/h6,12H,1,7-10H2,2-5H3,(H,17,19). The van der Waals surface area contributed by atoms with E-state index >= 15 is 0 Å². The van der Waals surface area contributed by atoms with Crippen LogP contribution in [0.25, 0.3) is 0 Å². The summed E-state index contributed by atoms with van der Waals surface area (Å²) in [6.45, 7) is 11.4. The van der Waals surface area contributed by atoms with Gasteiger partial charge in [0.05, 0.1) is 25.8 Å². The molecule has 0 heterocycles. The minimum atomic E-state index is -0.930. The van der Waals surface area contributed by atoms with Gasteiger partial charge in [0.1, 0.15) is 5.54 Å². The first kappa shape index (κ1) is 19.1. The third-order valence-electron chi connectivity index (χ3n) is 3.20. The molecule has 0 aromatic rings. The van der Waals surface area contributed by atoms with Gasteiger partial charge in [-0.05, 0) is 19.8 Å². The number of amides is 1. The fourth-order valence-corrected chi connectivity index (χ4v) is 1.59. The molecule has 0 aliphatic rings. The van der Waals surface area contributed by atoms with Crippen molar-refractivity contribution in [1.82, 2.24) is 10.2 Å². The average molecular weight is 295 g/mol. The Morgan fingerprint density at radius 1 is 1.48 bits per heavy atom. The van der Waals surface area contributed by atoms with Crippen LogP contribution in [0.5, 0.6) is 0 Å². The van der Waals surface area contributed by atoms with Crippen molar-refractivity contribution >= 4 is 11.9 Å². The van der Waals surface area contributed by atoms with Crippen LogP contribution in [-0.4, -0.2) is 48.6 Å². The van der Waals surface area contributed by atoms with Gasteiger partial charge in [-0.2, -0.15) is 5.26 Å². The molecule has 0 bridgehead atoms. The molecule has 21 heavy (non-hydrogen) atoms. The molecule has 0 rings (SSSR count). The van der Waals surface area contributed by atoms with Gasteiger partial charge in [0.15, 0.2) is 0 Å². The van der Waals surface area contributed by atoms with Gasteiger partial charge in [0, 0.05) is 6.54 Å². The summed E-state index contributed by atoms with van der Waals surface area (Å²) in [4.78, 5) is 25.1. The molecule has 0 fully saturated rings. The zero-order chi connectivity index (χ0) is 16.5. The fraction of sp³-hybridized carbons (Fsp3) is 0.667. The summed E-state index contributed by atoms with van der Waals surface area (Å²) >= 11 is 0. The number of carbonyl (C=O) groups excluding carboxylic acids is 2. The normalized spacial score (nSPS) is 13.4. The van der Waals surface area contributed by atoms with E-state index < -0.39 is 5.54 Å². The Hall–Kier alpha value is -1.87. The van der Waals surface area contributed by atoms with E-state index in [-0.39, 0.29) is 30.9 Å². The average Bonchev–Trinajstić information content (AvgIpc) is 2.38. The Balaban J connectivity index is 4.65. The number of ether oxygens (including phenoxy) is 1. The Kier molecular flexibility index (Phi) is 8.32. The molecule has 0 aromatic carbocycles. The van der Waals surface area contributed by atoms with Crippen molar-refractivity contribution in [3.05, 3.63) is 12.7 Å². The second-order valence-corrected chi connectivity index (χ2v) is 5.28. The highest BCUT2D eigenvalue weighted by molar-refractivity contribution is 5.80. The number of carbonyl (C=O) groups is 2. The molecule has 0 aliphatic carbocycles. The van der Waals surface area contributed by atoms with E-state index in [2.05, 4.69) is 18.0 Å². The van der Waals surface area contributed by atoms with Crippen molar-refractivity contribution in [3.8, 4) is 6.07 Å². The first-order valence-corrected chi connectivity index (χ1v) is 7.00. The van der Waals surface area contributed by atoms with Crippen LogP contribution in [0.15, 0.2) is 12.7 Å². The van der Waals surface area contributed by atoms with Crippen molar-refractivity contribution in [3.63, 3.8) is 0 Å². The first-order valence-electron chi connectivity index (χ1n) is 7.00. The predicted octanol–water partition coefficient (Wildman–Crippen LogP) is 1.09. The molecular weight excluding hydrogens is 270 g/mol. The van der Waals surface area contributed by atoms with E-state index in [1.807, 2.05) is 13.8 Å². The monoisotopic (exact) mass is 295 g/mol. The number of nitrogens with zero attached hydrogens (tertiary/aromatic N) is 2. The van der Waals surface area contributed by atoms with E-state index in [0.29, 0.717) is 13.2 Å². The van der Waals surface area contributed by atoms with Crippen molar-refractivity contribution in [2.45, 2.75) is 33.2 Å². The molecule has 0 saturated carbocycles. The Morgan fingerprint density at radius 3 is 2.52 bits per heavy atom. The minimum Gasteiger partial charge on any atom is -0.465 e. The van der Waals surface area contributed by atoms with Crippen molar-refractivity contribution in [1.29, 1.82) is 5.26 Å². The molecule has 0 aliphatic heterocycles. The Morgan fingerprint density at radius 2 is 2.10 bits per heavy atom. The van der Waals surface area contributed by atoms with Crippen LogP contribution in [0.4, 0.5) is 0 Å². The number of nitriles is 1. The van der Waals surface area contributed by atoms with E-state index in [9.17, 15) is 14.9 Å². The smallest absolute Gasteiger partial charge is 0.320 e. The van der Waals surface area contributed by atoms with Gasteiger partial charge in [-0.3, -0.25) is 14.5 Å². The van der Waals surface area contributed by atoms with Crippen molar-refractivity contribution < 1.29 is 14.3 Å². The molecule has 1 atom stereocenters. The van der Waals surface area contributed by atoms with Crippen LogP contribution >= 0.6 is 0 Å². The summed E-state index contributed by atoms with van der Waals surface area (Å²) in [5, 5.41) is 11.9. The molecule has 1 unspecified atom stereocenters. The number of rotatable bonds is 9. The molecule has 0 radical (unpaired) electrons. The van der Waals surface area contributed by atoms with Gasteiger partial charge in [-0.15, -0.1) is 6.58 Å². The summed E-state index contributed by atoms with van der Waals surface area (Å²) in [5.41, 5.74) is -0.930. The van der Waals surface area contributed by atoms with Gasteiger partial charge in [-0.1, -0.05) is 19.9 Å². The van der Waals surface area contributed by atoms with E-state index in [1.54, 1.807) is 24.8 Å². The summed E-state index contributed by atoms with van der Waals surface area (Å²) in [6, 6.07) is 2.11. The van der Waals surface area contributed by atoms with Crippen LogP contribution < -0.4 is 5.32 Å². The van der Waals surface area contributed by atoms with Crippen LogP contribution in [0.1, 0.15) is 27.7 Å². The summed E-state index contributed by atoms with van der Waals surface area (Å²) < 4.78 is 4.86. The number of nitrogens with one attached hydrogen (secondary N) is 1. The predicted molar refractivity (Wildman–Crippen MR) is 80.3 cm³/mol. The van der Waals surface area contributed by atoms with Gasteiger partial charge >= 0.3 is 5.97 Å². The number of hydrogen-bond donors (Lipinski definition) is 1. The maximum Gasteiger partial charge on any atom is 0.320 e. The van der Waals surface area contributed by atoms with E-state index in [1.165, 1.54) is 0 Å². The molecule has 1 N–H and O–H groups in total. The summed E-state index contributed by atoms with van der Waals surface area (Å²) in [5.74, 6) is -0.720.